The van der Waals surface area contributed by atoms with Gasteiger partial charge in [-0.2, -0.15) is 0 Å². The molecule has 18 heavy (non-hydrogen) atoms. The summed E-state index contributed by atoms with van der Waals surface area (Å²) in [6.07, 6.45) is -0.286. The maximum Gasteiger partial charge on any atom is 0.255 e. The Morgan fingerprint density at radius 3 is 2.56 bits per heavy atom. The second-order valence-corrected chi connectivity index (χ2v) is 3.82. The highest BCUT2D eigenvalue weighted by atomic mass is 19.1. The van der Waals surface area contributed by atoms with Gasteiger partial charge in [0.1, 0.15) is 0 Å². The number of carbonyl (C=O) groups excluding carboxylic acids is 1. The third-order valence-corrected chi connectivity index (χ3v) is 2.83. The number of hydrogen-bond acceptors (Lipinski definition) is 4. The van der Waals surface area contributed by atoms with Crippen molar-refractivity contribution in [1.29, 1.82) is 0 Å². The number of halogens is 1. The maximum absolute atomic E-state index is 14.1. The van der Waals surface area contributed by atoms with Crippen molar-refractivity contribution in [2.24, 2.45) is 5.11 Å². The van der Waals surface area contributed by atoms with Crippen LogP contribution in [0.1, 0.15) is 15.9 Å². The molecule has 1 aromatic carbocycles. The Hall–Kier alpha value is -2.27. The topological polar surface area (TPSA) is 84.3 Å². The standard InChI is InChI=1S/C11H10FN3O3/c1-17-8-3-6-5-11(12,14-15-13)10(16)7(6)4-9(8)18-2/h3-4H,5H2,1-2H3. The molecule has 94 valence electrons. The van der Waals surface area contributed by atoms with Gasteiger partial charge in [0.15, 0.2) is 11.5 Å². The van der Waals surface area contributed by atoms with Gasteiger partial charge in [-0.25, -0.2) is 4.39 Å². The predicted octanol–water partition coefficient (Wildman–Crippen LogP) is 2.42. The fourth-order valence-corrected chi connectivity index (χ4v) is 1.97. The van der Waals surface area contributed by atoms with E-state index in [1.165, 1.54) is 26.4 Å². The summed E-state index contributed by atoms with van der Waals surface area (Å²) in [6.45, 7) is 0. The number of ketones is 1. The van der Waals surface area contributed by atoms with Crippen LogP contribution in [0.2, 0.25) is 0 Å². The lowest BCUT2D eigenvalue weighted by atomic mass is 10.1. The van der Waals surface area contributed by atoms with Crippen LogP contribution in [0.5, 0.6) is 11.5 Å². The molecular weight excluding hydrogens is 241 g/mol. The van der Waals surface area contributed by atoms with Gasteiger partial charge in [0.05, 0.1) is 14.2 Å². The zero-order valence-electron chi connectivity index (χ0n) is 9.81. The van der Waals surface area contributed by atoms with E-state index >= 15 is 0 Å². The van der Waals surface area contributed by atoms with Crippen molar-refractivity contribution >= 4 is 5.78 Å². The lowest BCUT2D eigenvalue weighted by molar-refractivity contribution is 0.0735. The largest absolute Gasteiger partial charge is 0.493 e. The summed E-state index contributed by atoms with van der Waals surface area (Å²) >= 11 is 0. The molecule has 0 radical (unpaired) electrons. The molecule has 7 heteroatoms. The summed E-state index contributed by atoms with van der Waals surface area (Å²) in [7, 11) is 2.86. The fourth-order valence-electron chi connectivity index (χ4n) is 1.97. The number of alkyl halides is 1. The number of methoxy groups -OCH3 is 2. The van der Waals surface area contributed by atoms with Crippen LogP contribution in [0.15, 0.2) is 17.2 Å². The Labute approximate surface area is 102 Å². The van der Waals surface area contributed by atoms with Crippen LogP contribution in [-0.2, 0) is 6.42 Å². The van der Waals surface area contributed by atoms with Gasteiger partial charge in [-0.15, -0.1) is 0 Å². The second-order valence-electron chi connectivity index (χ2n) is 3.82. The first-order chi connectivity index (χ1) is 8.55. The van der Waals surface area contributed by atoms with Crippen molar-refractivity contribution in [3.63, 3.8) is 0 Å². The van der Waals surface area contributed by atoms with Crippen molar-refractivity contribution < 1.29 is 18.7 Å². The molecule has 0 heterocycles. The molecule has 1 atom stereocenters. The van der Waals surface area contributed by atoms with Gasteiger partial charge in [-0.1, -0.05) is 0 Å². The van der Waals surface area contributed by atoms with E-state index in [2.05, 4.69) is 10.0 Å². The van der Waals surface area contributed by atoms with E-state index < -0.39 is 11.6 Å². The Kier molecular flexibility index (Phi) is 2.84. The number of ether oxygens (including phenoxy) is 2. The molecule has 1 aliphatic carbocycles. The van der Waals surface area contributed by atoms with Gasteiger partial charge in [-0.3, -0.25) is 4.79 Å². The molecule has 2 rings (SSSR count). The fraction of sp³-hybridized carbons (Fsp3) is 0.364. The van der Waals surface area contributed by atoms with E-state index in [-0.39, 0.29) is 12.0 Å². The number of nitrogens with zero attached hydrogens (tertiary/aromatic N) is 3. The highest BCUT2D eigenvalue weighted by Gasteiger charge is 2.46. The average molecular weight is 251 g/mol. The molecule has 0 saturated heterocycles. The van der Waals surface area contributed by atoms with Crippen LogP contribution < -0.4 is 9.47 Å². The highest BCUT2D eigenvalue weighted by Crippen LogP contribution is 2.40. The first kappa shape index (κ1) is 12.2. The molecule has 0 aliphatic heterocycles. The summed E-state index contributed by atoms with van der Waals surface area (Å²) in [5.41, 5.74) is 8.90. The third-order valence-electron chi connectivity index (χ3n) is 2.83. The van der Waals surface area contributed by atoms with Crippen LogP contribution in [0.25, 0.3) is 10.4 Å². The molecule has 0 N–H and O–H groups in total. The molecule has 0 saturated carbocycles. The van der Waals surface area contributed by atoms with Gasteiger partial charge in [0.25, 0.3) is 5.79 Å². The number of hydrogen-bond donors (Lipinski definition) is 0. The Morgan fingerprint density at radius 1 is 1.39 bits per heavy atom. The minimum Gasteiger partial charge on any atom is -0.493 e. The van der Waals surface area contributed by atoms with E-state index in [1.807, 2.05) is 0 Å². The molecular formula is C11H10FN3O3. The first-order valence-corrected chi connectivity index (χ1v) is 5.10. The van der Waals surface area contributed by atoms with E-state index in [9.17, 15) is 9.18 Å². The number of Topliss-reactive ketones (excluding diaryl/α,β-unsaturated/α-hetero) is 1. The Morgan fingerprint density at radius 2 is 2.00 bits per heavy atom. The van der Waals surface area contributed by atoms with Crippen LogP contribution >= 0.6 is 0 Å². The summed E-state index contributed by atoms with van der Waals surface area (Å²) in [6, 6.07) is 2.91. The van der Waals surface area contributed by atoms with E-state index in [0.717, 1.165) is 0 Å². The molecule has 0 spiro atoms. The SMILES string of the molecule is COc1cc2c(cc1OC)C(=O)C(F)(N=[N+]=[N-])C2. The van der Waals surface area contributed by atoms with Crippen LogP contribution in [0, 0.1) is 0 Å². The van der Waals surface area contributed by atoms with Crippen molar-refractivity contribution in [3.8, 4) is 11.5 Å². The van der Waals surface area contributed by atoms with Gasteiger partial charge in [0, 0.05) is 16.9 Å². The lowest BCUT2D eigenvalue weighted by Crippen LogP contribution is -2.26. The van der Waals surface area contributed by atoms with Gasteiger partial charge in [-0.05, 0) is 28.3 Å². The molecule has 1 aliphatic rings. The normalized spacial score (nSPS) is 21.2. The van der Waals surface area contributed by atoms with Crippen LogP contribution in [-0.4, -0.2) is 25.8 Å². The maximum atomic E-state index is 14.1. The third kappa shape index (κ3) is 1.65. The summed E-state index contributed by atoms with van der Waals surface area (Å²) in [4.78, 5) is 14.2. The minimum absolute atomic E-state index is 0.155. The lowest BCUT2D eigenvalue weighted by Gasteiger charge is -2.08. The summed E-state index contributed by atoms with van der Waals surface area (Å²) < 4.78 is 24.2. The van der Waals surface area contributed by atoms with Crippen molar-refractivity contribution in [2.75, 3.05) is 14.2 Å². The number of rotatable bonds is 3. The monoisotopic (exact) mass is 251 g/mol. The summed E-state index contributed by atoms with van der Waals surface area (Å²) in [5, 5.41) is 2.95. The van der Waals surface area contributed by atoms with E-state index in [1.54, 1.807) is 0 Å². The van der Waals surface area contributed by atoms with Gasteiger partial charge >= 0.3 is 0 Å². The molecule has 0 bridgehead atoms. The van der Waals surface area contributed by atoms with Crippen LogP contribution in [0.3, 0.4) is 0 Å². The van der Waals surface area contributed by atoms with E-state index in [0.29, 0.717) is 17.1 Å². The molecule has 0 fully saturated rings. The van der Waals surface area contributed by atoms with Gasteiger partial charge in [0.2, 0.25) is 5.78 Å². The smallest absolute Gasteiger partial charge is 0.255 e. The zero-order valence-corrected chi connectivity index (χ0v) is 9.81. The highest BCUT2D eigenvalue weighted by molar-refractivity contribution is 6.07. The number of fused-ring (bicyclic) bond motifs is 1. The molecule has 0 aromatic heterocycles. The van der Waals surface area contributed by atoms with Crippen molar-refractivity contribution in [1.82, 2.24) is 0 Å². The average Bonchev–Trinajstić information content (AvgIpc) is 2.60. The zero-order chi connectivity index (χ0) is 13.3. The molecule has 6 nitrogen and oxygen atoms in total. The van der Waals surface area contributed by atoms with Crippen LogP contribution in [0.4, 0.5) is 4.39 Å². The molecule has 0 amide bonds. The molecule has 1 unspecified atom stereocenters. The number of azide groups is 1. The second kappa shape index (κ2) is 4.19. The minimum atomic E-state index is -2.55. The Bertz CT molecular complexity index is 569. The first-order valence-electron chi connectivity index (χ1n) is 5.10. The van der Waals surface area contributed by atoms with Crippen molar-refractivity contribution in [2.45, 2.75) is 12.2 Å². The molecule has 1 aromatic rings. The number of benzene rings is 1. The Balaban J connectivity index is 2.56. The van der Waals surface area contributed by atoms with E-state index in [4.69, 9.17) is 15.0 Å². The van der Waals surface area contributed by atoms with Crippen molar-refractivity contribution in [3.05, 3.63) is 33.7 Å². The quantitative estimate of drug-likeness (QED) is 0.358. The van der Waals surface area contributed by atoms with Gasteiger partial charge < -0.3 is 9.47 Å². The predicted molar refractivity (Wildman–Crippen MR) is 60.6 cm³/mol. The summed E-state index contributed by atoms with van der Waals surface area (Å²) in [5.74, 6) is -2.67. The number of carbonyl (C=O) groups is 1.